The Labute approximate surface area is 93.1 Å². The maximum Gasteiger partial charge on any atom is 0.0371 e. The largest absolute Gasteiger partial charge is 0.368 e. The van der Waals surface area contributed by atoms with E-state index < -0.39 is 0 Å². The maximum atomic E-state index is 2.51. The van der Waals surface area contributed by atoms with E-state index in [1.807, 2.05) is 0 Å². The van der Waals surface area contributed by atoms with Crippen molar-refractivity contribution in [3.63, 3.8) is 0 Å². The Kier molecular flexibility index (Phi) is 2.72. The Morgan fingerprint density at radius 2 is 1.93 bits per heavy atom. The number of benzene rings is 1. The fourth-order valence-electron chi connectivity index (χ4n) is 2.46. The second-order valence-corrected chi connectivity index (χ2v) is 5.19. The standard InChI is InChI=1S/C14H21N/c1-10(2)14-9-15(11(3)4)13-7-5-6-12(14)8-13/h5-8,10-11,14H,9H2,1-4H3. The highest BCUT2D eigenvalue weighted by Crippen LogP contribution is 2.35. The summed E-state index contributed by atoms with van der Waals surface area (Å²) in [4.78, 5) is 2.51. The van der Waals surface area contributed by atoms with E-state index in [0.717, 1.165) is 5.92 Å². The summed E-state index contributed by atoms with van der Waals surface area (Å²) in [6.07, 6.45) is 0. The lowest BCUT2D eigenvalue weighted by Gasteiger charge is -2.39. The summed E-state index contributed by atoms with van der Waals surface area (Å²) in [5.41, 5.74) is 2.90. The third kappa shape index (κ3) is 1.88. The Bertz CT molecular complexity index is 312. The summed E-state index contributed by atoms with van der Waals surface area (Å²) in [6, 6.07) is 9.64. The van der Waals surface area contributed by atoms with E-state index in [-0.39, 0.29) is 0 Å². The molecule has 15 heavy (non-hydrogen) atoms. The van der Waals surface area contributed by atoms with E-state index in [1.165, 1.54) is 17.8 Å². The number of hydrogen-bond donors (Lipinski definition) is 0. The lowest BCUT2D eigenvalue weighted by atomic mass is 9.85. The highest BCUT2D eigenvalue weighted by molar-refractivity contribution is 5.53. The highest BCUT2D eigenvalue weighted by Gasteiger charge is 2.25. The van der Waals surface area contributed by atoms with Crippen molar-refractivity contribution >= 4 is 5.69 Å². The van der Waals surface area contributed by atoms with Crippen molar-refractivity contribution in [2.24, 2.45) is 5.92 Å². The van der Waals surface area contributed by atoms with Crippen LogP contribution in [-0.2, 0) is 0 Å². The number of rotatable bonds is 2. The van der Waals surface area contributed by atoms with E-state index in [4.69, 9.17) is 0 Å². The molecule has 2 rings (SSSR count). The molecule has 0 saturated heterocycles. The normalized spacial score (nSPS) is 20.1. The van der Waals surface area contributed by atoms with E-state index in [0.29, 0.717) is 12.0 Å². The maximum absolute atomic E-state index is 2.51. The average Bonchev–Trinajstić information content (AvgIpc) is 2.17. The van der Waals surface area contributed by atoms with Crippen LogP contribution >= 0.6 is 0 Å². The first kappa shape index (κ1) is 10.5. The summed E-state index contributed by atoms with van der Waals surface area (Å²) >= 11 is 0. The molecule has 1 unspecified atom stereocenters. The van der Waals surface area contributed by atoms with Crippen LogP contribution in [0.5, 0.6) is 0 Å². The summed E-state index contributed by atoms with van der Waals surface area (Å²) in [5, 5.41) is 0. The third-order valence-electron chi connectivity index (χ3n) is 3.45. The van der Waals surface area contributed by atoms with Gasteiger partial charge in [0.1, 0.15) is 0 Å². The summed E-state index contributed by atoms with van der Waals surface area (Å²) in [5.74, 6) is 1.42. The van der Waals surface area contributed by atoms with Crippen LogP contribution in [0.4, 0.5) is 5.69 Å². The molecule has 1 aromatic carbocycles. The van der Waals surface area contributed by atoms with Crippen LogP contribution in [0, 0.1) is 5.92 Å². The average molecular weight is 203 g/mol. The Balaban J connectivity index is 2.37. The quantitative estimate of drug-likeness (QED) is 0.709. The molecule has 0 fully saturated rings. The Hall–Kier alpha value is -0.980. The van der Waals surface area contributed by atoms with Gasteiger partial charge in [-0.2, -0.15) is 0 Å². The third-order valence-corrected chi connectivity index (χ3v) is 3.45. The number of anilines is 1. The summed E-state index contributed by atoms with van der Waals surface area (Å²) < 4.78 is 0. The molecule has 1 aliphatic rings. The predicted molar refractivity (Wildman–Crippen MR) is 66.5 cm³/mol. The van der Waals surface area contributed by atoms with Crippen molar-refractivity contribution in [2.45, 2.75) is 39.7 Å². The molecule has 1 heteroatoms. The molecule has 0 N–H and O–H groups in total. The summed E-state index contributed by atoms with van der Waals surface area (Å²) in [7, 11) is 0. The predicted octanol–water partition coefficient (Wildman–Crippen LogP) is 3.65. The number of nitrogens with zero attached hydrogens (tertiary/aromatic N) is 1. The van der Waals surface area contributed by atoms with Gasteiger partial charge in [-0.1, -0.05) is 26.0 Å². The first-order valence-electron chi connectivity index (χ1n) is 5.96. The molecule has 0 aliphatic carbocycles. The van der Waals surface area contributed by atoms with Crippen LogP contribution in [0.2, 0.25) is 0 Å². The summed E-state index contributed by atoms with van der Waals surface area (Å²) in [6.45, 7) is 10.4. The number of fused-ring (bicyclic) bond motifs is 2. The first-order chi connectivity index (χ1) is 7.09. The molecular weight excluding hydrogens is 182 g/mol. The zero-order valence-electron chi connectivity index (χ0n) is 10.2. The molecule has 1 atom stereocenters. The fraction of sp³-hybridized carbons (Fsp3) is 0.571. The fourth-order valence-corrected chi connectivity index (χ4v) is 2.46. The van der Waals surface area contributed by atoms with Crippen LogP contribution in [0.3, 0.4) is 0 Å². The zero-order chi connectivity index (χ0) is 11.0. The molecule has 1 aliphatic heterocycles. The van der Waals surface area contributed by atoms with Crippen LogP contribution < -0.4 is 4.90 Å². The molecule has 1 heterocycles. The van der Waals surface area contributed by atoms with E-state index in [9.17, 15) is 0 Å². The van der Waals surface area contributed by atoms with Gasteiger partial charge in [0, 0.05) is 24.2 Å². The molecule has 0 aromatic heterocycles. The number of hydrogen-bond acceptors (Lipinski definition) is 1. The van der Waals surface area contributed by atoms with Gasteiger partial charge in [0.05, 0.1) is 0 Å². The highest BCUT2D eigenvalue weighted by atomic mass is 15.2. The van der Waals surface area contributed by atoms with Gasteiger partial charge in [0.25, 0.3) is 0 Å². The van der Waals surface area contributed by atoms with Crippen LogP contribution in [-0.4, -0.2) is 12.6 Å². The molecule has 0 amide bonds. The second kappa shape index (κ2) is 3.88. The lowest BCUT2D eigenvalue weighted by Crippen LogP contribution is -2.38. The van der Waals surface area contributed by atoms with Gasteiger partial charge in [0.15, 0.2) is 0 Å². The van der Waals surface area contributed by atoms with Crippen molar-refractivity contribution < 1.29 is 0 Å². The molecular formula is C14H21N. The minimum atomic E-state index is 0.599. The van der Waals surface area contributed by atoms with Gasteiger partial charge in [-0.15, -0.1) is 0 Å². The van der Waals surface area contributed by atoms with Gasteiger partial charge >= 0.3 is 0 Å². The second-order valence-electron chi connectivity index (χ2n) is 5.19. The smallest absolute Gasteiger partial charge is 0.0371 e. The van der Waals surface area contributed by atoms with Gasteiger partial charge in [-0.25, -0.2) is 0 Å². The van der Waals surface area contributed by atoms with E-state index in [2.05, 4.69) is 56.9 Å². The molecule has 0 radical (unpaired) electrons. The SMILES string of the molecule is CC(C)C1CN(C(C)C)c2cccc1c2. The van der Waals surface area contributed by atoms with Gasteiger partial charge in [0.2, 0.25) is 0 Å². The van der Waals surface area contributed by atoms with Gasteiger partial charge in [-0.3, -0.25) is 0 Å². The van der Waals surface area contributed by atoms with Crippen molar-refractivity contribution in [3.05, 3.63) is 29.8 Å². The van der Waals surface area contributed by atoms with Gasteiger partial charge in [-0.05, 0) is 37.5 Å². The van der Waals surface area contributed by atoms with Crippen LogP contribution in [0.1, 0.15) is 39.2 Å². The van der Waals surface area contributed by atoms with E-state index >= 15 is 0 Å². The van der Waals surface area contributed by atoms with E-state index in [1.54, 1.807) is 0 Å². The minimum absolute atomic E-state index is 0.599. The van der Waals surface area contributed by atoms with Crippen LogP contribution in [0.15, 0.2) is 24.3 Å². The van der Waals surface area contributed by atoms with Crippen LogP contribution in [0.25, 0.3) is 0 Å². The van der Waals surface area contributed by atoms with Crippen molar-refractivity contribution in [1.82, 2.24) is 0 Å². The molecule has 82 valence electrons. The van der Waals surface area contributed by atoms with Crippen molar-refractivity contribution in [2.75, 3.05) is 11.4 Å². The first-order valence-corrected chi connectivity index (χ1v) is 5.96. The molecule has 0 spiro atoms. The monoisotopic (exact) mass is 203 g/mol. The Morgan fingerprint density at radius 1 is 1.20 bits per heavy atom. The Morgan fingerprint density at radius 3 is 2.53 bits per heavy atom. The van der Waals surface area contributed by atoms with Gasteiger partial charge < -0.3 is 4.90 Å². The molecule has 1 aromatic rings. The molecule has 1 nitrogen and oxygen atoms in total. The molecule has 2 bridgehead atoms. The zero-order valence-corrected chi connectivity index (χ0v) is 10.2. The van der Waals surface area contributed by atoms with Crippen molar-refractivity contribution in [3.8, 4) is 0 Å². The lowest BCUT2D eigenvalue weighted by molar-refractivity contribution is 0.467. The topological polar surface area (TPSA) is 3.24 Å². The molecule has 0 saturated carbocycles. The van der Waals surface area contributed by atoms with Crippen molar-refractivity contribution in [1.29, 1.82) is 0 Å². The minimum Gasteiger partial charge on any atom is -0.368 e.